The maximum absolute atomic E-state index is 12.7. The largest absolute Gasteiger partial charge is 0.459 e. The van der Waals surface area contributed by atoms with Crippen molar-refractivity contribution in [3.05, 3.63) is 53.5 Å². The Morgan fingerprint density at radius 3 is 2.52 bits per heavy atom. The van der Waals surface area contributed by atoms with Crippen molar-refractivity contribution in [2.24, 2.45) is 0 Å². The lowest BCUT2D eigenvalue weighted by atomic mass is 10.1. The molecular weight excluding hydrogens is 292 g/mol. The molecule has 1 aliphatic rings. The van der Waals surface area contributed by atoms with E-state index in [0.717, 1.165) is 31.5 Å². The molecule has 0 saturated carbocycles. The van der Waals surface area contributed by atoms with Gasteiger partial charge in [0.15, 0.2) is 5.76 Å². The average molecular weight is 312 g/mol. The minimum Gasteiger partial charge on any atom is -0.459 e. The lowest BCUT2D eigenvalue weighted by molar-refractivity contribution is 0.0725. The van der Waals surface area contributed by atoms with Gasteiger partial charge in [-0.3, -0.25) is 9.59 Å². The Morgan fingerprint density at radius 1 is 1.09 bits per heavy atom. The van der Waals surface area contributed by atoms with Crippen LogP contribution in [0.2, 0.25) is 0 Å². The second-order valence-corrected chi connectivity index (χ2v) is 5.79. The van der Waals surface area contributed by atoms with E-state index in [1.165, 1.54) is 12.7 Å². The highest BCUT2D eigenvalue weighted by Gasteiger charge is 2.22. The first-order valence-electron chi connectivity index (χ1n) is 7.90. The number of hydrogen-bond acceptors (Lipinski definition) is 3. The number of aryl methyl sites for hydroxylation is 1. The smallest absolute Gasteiger partial charge is 0.291 e. The summed E-state index contributed by atoms with van der Waals surface area (Å²) in [6.45, 7) is 3.36. The van der Waals surface area contributed by atoms with E-state index in [1.54, 1.807) is 24.3 Å². The highest BCUT2D eigenvalue weighted by atomic mass is 16.3. The van der Waals surface area contributed by atoms with Gasteiger partial charge in [0.1, 0.15) is 0 Å². The Kier molecular flexibility index (Phi) is 4.46. The Balaban J connectivity index is 1.81. The van der Waals surface area contributed by atoms with Crippen LogP contribution in [0.5, 0.6) is 0 Å². The molecule has 0 spiro atoms. The number of furan rings is 1. The summed E-state index contributed by atoms with van der Waals surface area (Å²) in [6.07, 6.45) is 4.71. The van der Waals surface area contributed by atoms with Crippen molar-refractivity contribution in [2.75, 3.05) is 18.4 Å². The van der Waals surface area contributed by atoms with Gasteiger partial charge in [0.2, 0.25) is 0 Å². The number of likely N-dealkylation sites (tertiary alicyclic amines) is 1. The molecule has 0 aliphatic carbocycles. The van der Waals surface area contributed by atoms with Gasteiger partial charge in [0.25, 0.3) is 11.8 Å². The van der Waals surface area contributed by atoms with E-state index in [9.17, 15) is 9.59 Å². The molecule has 1 aromatic heterocycles. The van der Waals surface area contributed by atoms with Crippen LogP contribution in [0.25, 0.3) is 0 Å². The summed E-state index contributed by atoms with van der Waals surface area (Å²) in [5.74, 6) is -0.103. The van der Waals surface area contributed by atoms with Crippen LogP contribution >= 0.6 is 0 Å². The zero-order chi connectivity index (χ0) is 16.2. The summed E-state index contributed by atoms with van der Waals surface area (Å²) in [5.41, 5.74) is 1.80. The van der Waals surface area contributed by atoms with E-state index in [2.05, 4.69) is 5.32 Å². The third kappa shape index (κ3) is 3.28. The van der Waals surface area contributed by atoms with E-state index in [4.69, 9.17) is 4.42 Å². The summed E-state index contributed by atoms with van der Waals surface area (Å²) < 4.78 is 5.21. The van der Waals surface area contributed by atoms with Gasteiger partial charge in [-0.15, -0.1) is 0 Å². The van der Waals surface area contributed by atoms with Gasteiger partial charge in [-0.05, 0) is 44.4 Å². The standard InChI is InChI=1S/C18H20N2O3/c1-13-9-12-23-16(13)17(21)19-15-8-4-3-7-14(15)18(22)20-10-5-2-6-11-20/h3-4,7-9,12H,2,5-6,10-11H2,1H3,(H,19,21). The van der Waals surface area contributed by atoms with Crippen molar-refractivity contribution in [2.45, 2.75) is 26.2 Å². The van der Waals surface area contributed by atoms with Crippen LogP contribution in [0, 0.1) is 6.92 Å². The number of carbonyl (C=O) groups is 2. The number of nitrogens with one attached hydrogen (secondary N) is 1. The fourth-order valence-corrected chi connectivity index (χ4v) is 2.83. The van der Waals surface area contributed by atoms with Gasteiger partial charge in [0, 0.05) is 18.7 Å². The highest BCUT2D eigenvalue weighted by Crippen LogP contribution is 2.21. The first-order chi connectivity index (χ1) is 11.2. The number of anilines is 1. The molecular formula is C18H20N2O3. The van der Waals surface area contributed by atoms with Crippen molar-refractivity contribution >= 4 is 17.5 Å². The van der Waals surface area contributed by atoms with Crippen LogP contribution in [-0.2, 0) is 0 Å². The predicted molar refractivity (Wildman–Crippen MR) is 87.6 cm³/mol. The van der Waals surface area contributed by atoms with Gasteiger partial charge in [-0.25, -0.2) is 0 Å². The molecule has 120 valence electrons. The SMILES string of the molecule is Cc1ccoc1C(=O)Nc1ccccc1C(=O)N1CCCCC1. The molecule has 1 N–H and O–H groups in total. The van der Waals surface area contributed by atoms with E-state index in [-0.39, 0.29) is 17.6 Å². The molecule has 3 rings (SSSR count). The molecule has 5 nitrogen and oxygen atoms in total. The Labute approximate surface area is 135 Å². The van der Waals surface area contributed by atoms with Crippen molar-refractivity contribution < 1.29 is 14.0 Å². The van der Waals surface area contributed by atoms with Gasteiger partial charge >= 0.3 is 0 Å². The molecule has 0 unspecified atom stereocenters. The van der Waals surface area contributed by atoms with Gasteiger partial charge < -0.3 is 14.6 Å². The van der Waals surface area contributed by atoms with Crippen molar-refractivity contribution in [1.82, 2.24) is 4.90 Å². The number of piperidine rings is 1. The van der Waals surface area contributed by atoms with Crippen LogP contribution in [0.3, 0.4) is 0 Å². The Hall–Kier alpha value is -2.56. The van der Waals surface area contributed by atoms with Crippen LogP contribution in [0.4, 0.5) is 5.69 Å². The average Bonchev–Trinajstić information content (AvgIpc) is 3.02. The molecule has 0 atom stereocenters. The number of amides is 2. The molecule has 23 heavy (non-hydrogen) atoms. The second kappa shape index (κ2) is 6.69. The first-order valence-corrected chi connectivity index (χ1v) is 7.90. The molecule has 0 radical (unpaired) electrons. The Morgan fingerprint density at radius 2 is 1.83 bits per heavy atom. The first kappa shape index (κ1) is 15.3. The van der Waals surface area contributed by atoms with E-state index in [0.29, 0.717) is 11.3 Å². The summed E-state index contributed by atoms with van der Waals surface area (Å²) in [4.78, 5) is 26.9. The molecule has 5 heteroatoms. The maximum atomic E-state index is 12.7. The lowest BCUT2D eigenvalue weighted by Crippen LogP contribution is -2.36. The quantitative estimate of drug-likeness (QED) is 0.944. The number of hydrogen-bond donors (Lipinski definition) is 1. The van der Waals surface area contributed by atoms with E-state index in [1.807, 2.05) is 17.9 Å². The fraction of sp³-hybridized carbons (Fsp3) is 0.333. The highest BCUT2D eigenvalue weighted by molar-refractivity contribution is 6.08. The van der Waals surface area contributed by atoms with Crippen LogP contribution in [0.1, 0.15) is 45.7 Å². The molecule has 2 amide bonds. The van der Waals surface area contributed by atoms with Crippen molar-refractivity contribution in [3.8, 4) is 0 Å². The van der Waals surface area contributed by atoms with Gasteiger partial charge in [0.05, 0.1) is 17.5 Å². The number of nitrogens with zero attached hydrogens (tertiary/aromatic N) is 1. The molecule has 2 heterocycles. The molecule has 1 fully saturated rings. The predicted octanol–water partition coefficient (Wildman–Crippen LogP) is 3.47. The lowest BCUT2D eigenvalue weighted by Gasteiger charge is -2.27. The summed E-state index contributed by atoms with van der Waals surface area (Å²) in [7, 11) is 0. The van der Waals surface area contributed by atoms with E-state index >= 15 is 0 Å². The molecule has 1 aliphatic heterocycles. The maximum Gasteiger partial charge on any atom is 0.291 e. The molecule has 0 bridgehead atoms. The van der Waals surface area contributed by atoms with Crippen LogP contribution in [-0.4, -0.2) is 29.8 Å². The zero-order valence-corrected chi connectivity index (χ0v) is 13.2. The summed E-state index contributed by atoms with van der Waals surface area (Å²) >= 11 is 0. The third-order valence-electron chi connectivity index (χ3n) is 4.12. The van der Waals surface area contributed by atoms with Gasteiger partial charge in [-0.1, -0.05) is 12.1 Å². The summed E-state index contributed by atoms with van der Waals surface area (Å²) in [6, 6.07) is 8.84. The second-order valence-electron chi connectivity index (χ2n) is 5.79. The number of para-hydroxylation sites is 1. The fourth-order valence-electron chi connectivity index (χ4n) is 2.83. The molecule has 1 aromatic carbocycles. The van der Waals surface area contributed by atoms with E-state index < -0.39 is 0 Å². The van der Waals surface area contributed by atoms with Crippen LogP contribution < -0.4 is 5.32 Å². The number of rotatable bonds is 3. The van der Waals surface area contributed by atoms with Gasteiger partial charge in [-0.2, -0.15) is 0 Å². The minimum atomic E-state index is -0.341. The Bertz CT molecular complexity index is 715. The monoisotopic (exact) mass is 312 g/mol. The topological polar surface area (TPSA) is 62.6 Å². The molecule has 1 saturated heterocycles. The van der Waals surface area contributed by atoms with Crippen LogP contribution in [0.15, 0.2) is 41.0 Å². The normalized spacial score (nSPS) is 14.6. The number of benzene rings is 1. The third-order valence-corrected chi connectivity index (χ3v) is 4.12. The van der Waals surface area contributed by atoms with Crippen molar-refractivity contribution in [1.29, 1.82) is 0 Å². The number of carbonyl (C=O) groups excluding carboxylic acids is 2. The molecule has 2 aromatic rings. The minimum absolute atomic E-state index is 0.0308. The summed E-state index contributed by atoms with van der Waals surface area (Å²) in [5, 5.41) is 2.79. The zero-order valence-electron chi connectivity index (χ0n) is 13.2. The van der Waals surface area contributed by atoms with Crippen molar-refractivity contribution in [3.63, 3.8) is 0 Å².